The minimum absolute atomic E-state index is 0.200. The van der Waals surface area contributed by atoms with Crippen molar-refractivity contribution >= 4 is 45.9 Å². The molecule has 0 aliphatic carbocycles. The Labute approximate surface area is 130 Å². The van der Waals surface area contributed by atoms with Crippen molar-refractivity contribution in [2.24, 2.45) is 0 Å². The zero-order chi connectivity index (χ0) is 13.8. The van der Waals surface area contributed by atoms with Crippen LogP contribution in [0.4, 0.5) is 5.82 Å². The first-order valence-electron chi connectivity index (χ1n) is 5.88. The van der Waals surface area contributed by atoms with Crippen LogP contribution < -0.4 is 5.32 Å². The summed E-state index contributed by atoms with van der Waals surface area (Å²) in [5.74, 6) is 0.333. The number of nitrogens with one attached hydrogen (secondary N) is 1. The van der Waals surface area contributed by atoms with Crippen molar-refractivity contribution in [3.63, 3.8) is 0 Å². The monoisotopic (exact) mass is 389 g/mol. The number of hydrogen-bond donors (Lipinski definition) is 1. The molecule has 4 nitrogen and oxygen atoms in total. The number of carbonyl (C=O) groups is 1. The minimum atomic E-state index is -0.200. The summed E-state index contributed by atoms with van der Waals surface area (Å²) in [4.78, 5) is 16.3. The van der Waals surface area contributed by atoms with Crippen molar-refractivity contribution in [3.05, 3.63) is 44.9 Å². The number of pyridine rings is 1. The molecular formula is C13H13ClIN3O. The van der Waals surface area contributed by atoms with Gasteiger partial charge in [-0.15, -0.1) is 0 Å². The van der Waals surface area contributed by atoms with Gasteiger partial charge in [-0.3, -0.25) is 4.79 Å². The second kappa shape index (κ2) is 6.38. The Bertz CT molecular complexity index is 580. The summed E-state index contributed by atoms with van der Waals surface area (Å²) < 4.78 is 2.87. The third-order valence-corrected chi connectivity index (χ3v) is 3.37. The lowest BCUT2D eigenvalue weighted by Crippen LogP contribution is -2.17. The van der Waals surface area contributed by atoms with Crippen LogP contribution in [0.1, 0.15) is 23.8 Å². The van der Waals surface area contributed by atoms with Crippen molar-refractivity contribution in [2.45, 2.75) is 19.9 Å². The number of halogens is 2. The van der Waals surface area contributed by atoms with Gasteiger partial charge in [0.1, 0.15) is 11.5 Å². The Hall–Kier alpha value is -1.08. The second-order valence-electron chi connectivity index (χ2n) is 4.05. The molecular weight excluding hydrogens is 377 g/mol. The van der Waals surface area contributed by atoms with Gasteiger partial charge < -0.3 is 9.88 Å². The normalized spacial score (nSPS) is 10.5. The molecule has 0 bridgehead atoms. The number of carbonyl (C=O) groups excluding carboxylic acids is 1. The quantitative estimate of drug-likeness (QED) is 0.809. The average Bonchev–Trinajstić information content (AvgIpc) is 2.74. The smallest absolute Gasteiger partial charge is 0.273 e. The van der Waals surface area contributed by atoms with Gasteiger partial charge >= 0.3 is 0 Å². The Morgan fingerprint density at radius 3 is 2.95 bits per heavy atom. The summed E-state index contributed by atoms with van der Waals surface area (Å²) >= 11 is 8.12. The van der Waals surface area contributed by atoms with Crippen LogP contribution in [0.3, 0.4) is 0 Å². The number of aryl methyl sites for hydroxylation is 1. The standard InChI is InChI=1S/C13H13ClIN3O/c1-2-5-18-8-9(14)6-11(18)13(19)17-12-4-3-10(15)7-16-12/h3-4,6-8H,2,5H2,1H3,(H,16,17,19). The summed E-state index contributed by atoms with van der Waals surface area (Å²) in [6.45, 7) is 2.81. The van der Waals surface area contributed by atoms with Crippen molar-refractivity contribution in [1.82, 2.24) is 9.55 Å². The fourth-order valence-corrected chi connectivity index (χ4v) is 2.26. The fourth-order valence-electron chi connectivity index (χ4n) is 1.72. The molecule has 100 valence electrons. The van der Waals surface area contributed by atoms with E-state index in [1.54, 1.807) is 24.5 Å². The molecule has 2 heterocycles. The van der Waals surface area contributed by atoms with Crippen LogP contribution in [0.5, 0.6) is 0 Å². The first-order chi connectivity index (χ1) is 9.10. The summed E-state index contributed by atoms with van der Waals surface area (Å²) in [5.41, 5.74) is 0.548. The number of amides is 1. The molecule has 2 aromatic rings. The molecule has 19 heavy (non-hydrogen) atoms. The summed E-state index contributed by atoms with van der Waals surface area (Å²) in [6, 6.07) is 5.33. The number of hydrogen-bond acceptors (Lipinski definition) is 2. The molecule has 0 aliphatic heterocycles. The van der Waals surface area contributed by atoms with Gasteiger partial charge in [-0.1, -0.05) is 18.5 Å². The third-order valence-electron chi connectivity index (χ3n) is 2.53. The van der Waals surface area contributed by atoms with Crippen molar-refractivity contribution < 1.29 is 4.79 Å². The zero-order valence-corrected chi connectivity index (χ0v) is 13.3. The Morgan fingerprint density at radius 2 is 2.32 bits per heavy atom. The highest BCUT2D eigenvalue weighted by molar-refractivity contribution is 14.1. The van der Waals surface area contributed by atoms with Crippen molar-refractivity contribution in [3.8, 4) is 0 Å². The van der Waals surface area contributed by atoms with Gasteiger partial charge in [-0.2, -0.15) is 0 Å². The number of nitrogens with zero attached hydrogens (tertiary/aromatic N) is 2. The largest absolute Gasteiger partial charge is 0.342 e. The molecule has 2 rings (SSSR count). The van der Waals surface area contributed by atoms with Gasteiger partial charge in [-0.25, -0.2) is 4.98 Å². The van der Waals surface area contributed by atoms with E-state index in [1.165, 1.54) is 0 Å². The predicted octanol–water partition coefficient (Wildman–Crippen LogP) is 3.80. The first kappa shape index (κ1) is 14.3. The van der Waals surface area contributed by atoms with E-state index in [2.05, 4.69) is 39.8 Å². The number of rotatable bonds is 4. The highest BCUT2D eigenvalue weighted by atomic mass is 127. The molecule has 0 unspecified atom stereocenters. The maximum Gasteiger partial charge on any atom is 0.273 e. The molecule has 0 fully saturated rings. The SMILES string of the molecule is CCCn1cc(Cl)cc1C(=O)Nc1ccc(I)cn1. The van der Waals surface area contributed by atoms with Gasteiger partial charge in [0.2, 0.25) is 0 Å². The Kier molecular flexibility index (Phi) is 4.81. The topological polar surface area (TPSA) is 46.9 Å². The van der Waals surface area contributed by atoms with Crippen LogP contribution in [0.25, 0.3) is 0 Å². The summed E-state index contributed by atoms with van der Waals surface area (Å²) in [7, 11) is 0. The molecule has 0 saturated heterocycles. The van der Waals surface area contributed by atoms with E-state index in [-0.39, 0.29) is 5.91 Å². The summed E-state index contributed by atoms with van der Waals surface area (Å²) in [6.07, 6.45) is 4.41. The van der Waals surface area contributed by atoms with Crippen LogP contribution in [-0.4, -0.2) is 15.5 Å². The van der Waals surface area contributed by atoms with Crippen molar-refractivity contribution in [2.75, 3.05) is 5.32 Å². The predicted molar refractivity (Wildman–Crippen MR) is 84.6 cm³/mol. The molecule has 0 aromatic carbocycles. The highest BCUT2D eigenvalue weighted by Crippen LogP contribution is 2.16. The maximum atomic E-state index is 12.2. The van der Waals surface area contributed by atoms with Crippen LogP contribution in [0, 0.1) is 3.57 Å². The third kappa shape index (κ3) is 3.70. The molecule has 0 radical (unpaired) electrons. The highest BCUT2D eigenvalue weighted by Gasteiger charge is 2.13. The molecule has 1 N–H and O–H groups in total. The van der Waals surface area contributed by atoms with E-state index in [9.17, 15) is 4.79 Å². The first-order valence-corrected chi connectivity index (χ1v) is 7.34. The van der Waals surface area contributed by atoms with Crippen LogP contribution >= 0.6 is 34.2 Å². The average molecular weight is 390 g/mol. The summed E-state index contributed by atoms with van der Waals surface area (Å²) in [5, 5.41) is 3.33. The van der Waals surface area contributed by atoms with E-state index in [0.29, 0.717) is 16.5 Å². The fraction of sp³-hybridized carbons (Fsp3) is 0.231. The van der Waals surface area contributed by atoms with Gasteiger partial charge in [0, 0.05) is 22.5 Å². The zero-order valence-electron chi connectivity index (χ0n) is 10.4. The molecule has 0 saturated carbocycles. The van der Waals surface area contributed by atoms with Crippen LogP contribution in [0.2, 0.25) is 5.02 Å². The van der Waals surface area contributed by atoms with E-state index < -0.39 is 0 Å². The Morgan fingerprint density at radius 1 is 1.53 bits per heavy atom. The molecule has 6 heteroatoms. The van der Waals surface area contributed by atoms with Crippen molar-refractivity contribution in [1.29, 1.82) is 0 Å². The van der Waals surface area contributed by atoms with Gasteiger partial charge in [0.05, 0.1) is 5.02 Å². The molecule has 0 spiro atoms. The van der Waals surface area contributed by atoms with E-state index >= 15 is 0 Å². The van der Waals surface area contributed by atoms with Crippen LogP contribution in [-0.2, 0) is 6.54 Å². The van der Waals surface area contributed by atoms with Gasteiger partial charge in [-0.05, 0) is 47.2 Å². The lowest BCUT2D eigenvalue weighted by atomic mass is 10.3. The molecule has 2 aromatic heterocycles. The molecule has 0 aliphatic rings. The lowest BCUT2D eigenvalue weighted by molar-refractivity contribution is 0.101. The van der Waals surface area contributed by atoms with Gasteiger partial charge in [0.15, 0.2) is 0 Å². The van der Waals surface area contributed by atoms with Crippen LogP contribution in [0.15, 0.2) is 30.6 Å². The minimum Gasteiger partial charge on any atom is -0.342 e. The number of aromatic nitrogens is 2. The molecule has 0 atom stereocenters. The second-order valence-corrected chi connectivity index (χ2v) is 5.73. The molecule has 1 amide bonds. The lowest BCUT2D eigenvalue weighted by Gasteiger charge is -2.08. The number of anilines is 1. The van der Waals surface area contributed by atoms with E-state index in [0.717, 1.165) is 16.5 Å². The Balaban J connectivity index is 2.17. The maximum absolute atomic E-state index is 12.2. The van der Waals surface area contributed by atoms with Gasteiger partial charge in [0.25, 0.3) is 5.91 Å². The van der Waals surface area contributed by atoms with E-state index in [4.69, 9.17) is 11.6 Å². The van der Waals surface area contributed by atoms with E-state index in [1.807, 2.05) is 10.6 Å².